The third-order valence-electron chi connectivity index (χ3n) is 4.76. The van der Waals surface area contributed by atoms with Gasteiger partial charge < -0.3 is 0 Å². The summed E-state index contributed by atoms with van der Waals surface area (Å²) in [5.41, 5.74) is 1.84. The Morgan fingerprint density at radius 1 is 1.00 bits per heavy atom. The van der Waals surface area contributed by atoms with Crippen molar-refractivity contribution >= 4 is 30.0 Å². The van der Waals surface area contributed by atoms with E-state index in [4.69, 9.17) is 0 Å². The van der Waals surface area contributed by atoms with Gasteiger partial charge in [-0.2, -0.15) is 0 Å². The highest BCUT2D eigenvalue weighted by atomic mass is 28.4. The van der Waals surface area contributed by atoms with Crippen LogP contribution in [0.25, 0.3) is 0 Å². The SMILES string of the molecule is C[Si](C)(C)C1CCCC=C1C(=O)C([Si](C)(C)C)[Si](C)(C)C. The van der Waals surface area contributed by atoms with Gasteiger partial charge in [0.1, 0.15) is 0 Å². The first kappa shape index (κ1) is 19.1. The summed E-state index contributed by atoms with van der Waals surface area (Å²) in [6.45, 7) is 21.6. The van der Waals surface area contributed by atoms with E-state index in [1.807, 2.05) is 0 Å². The van der Waals surface area contributed by atoms with Crippen LogP contribution in [0, 0.1) is 0 Å². The molecule has 0 saturated carbocycles. The van der Waals surface area contributed by atoms with E-state index in [1.54, 1.807) is 0 Å². The Bertz CT molecular complexity index is 405. The maximum atomic E-state index is 13.5. The molecule has 0 spiro atoms. The first-order valence-corrected chi connectivity index (χ1v) is 19.2. The molecule has 122 valence electrons. The summed E-state index contributed by atoms with van der Waals surface area (Å²) in [4.78, 5) is 13.5. The van der Waals surface area contributed by atoms with Gasteiger partial charge in [0, 0.05) is 5.16 Å². The fourth-order valence-corrected chi connectivity index (χ4v) is 18.9. The molecule has 4 heteroatoms. The third-order valence-corrected chi connectivity index (χ3v) is 16.6. The number of rotatable bonds is 5. The molecule has 0 N–H and O–H groups in total. The van der Waals surface area contributed by atoms with Crippen LogP contribution in [-0.4, -0.2) is 30.0 Å². The molecule has 1 aliphatic carbocycles. The molecule has 0 heterocycles. The van der Waals surface area contributed by atoms with Crippen LogP contribution in [0.15, 0.2) is 11.6 Å². The van der Waals surface area contributed by atoms with Gasteiger partial charge in [-0.05, 0) is 30.4 Å². The van der Waals surface area contributed by atoms with Crippen molar-refractivity contribution in [2.45, 2.75) is 88.9 Å². The second kappa shape index (κ2) is 6.28. The smallest absolute Gasteiger partial charge is 0.156 e. The predicted octanol–water partition coefficient (Wildman–Crippen LogP) is 5.96. The first-order valence-electron chi connectivity index (χ1n) is 8.50. The standard InChI is InChI=1S/C17H36OSi3/c1-19(2,3)15-13-11-10-12-14(15)16(18)17(20(4,5)6)21(7,8)9/h12,15,17H,10-11,13H2,1-9H3. The molecule has 0 radical (unpaired) electrons. The summed E-state index contributed by atoms with van der Waals surface area (Å²) < 4.78 is 0. The Labute approximate surface area is 135 Å². The Hall–Kier alpha value is 0.0606. The summed E-state index contributed by atoms with van der Waals surface area (Å²) in [7, 11) is -4.25. The van der Waals surface area contributed by atoms with E-state index in [2.05, 4.69) is 65.0 Å². The Kier molecular flexibility index (Phi) is 5.72. The van der Waals surface area contributed by atoms with E-state index < -0.39 is 24.2 Å². The fourth-order valence-electron chi connectivity index (χ4n) is 4.30. The highest BCUT2D eigenvalue weighted by Crippen LogP contribution is 2.44. The quantitative estimate of drug-likeness (QED) is 0.564. The molecule has 1 atom stereocenters. The molecule has 1 unspecified atom stereocenters. The van der Waals surface area contributed by atoms with Crippen molar-refractivity contribution in [1.29, 1.82) is 0 Å². The van der Waals surface area contributed by atoms with E-state index in [9.17, 15) is 4.79 Å². The molecule has 1 rings (SSSR count). The van der Waals surface area contributed by atoms with Gasteiger partial charge in [-0.3, -0.25) is 4.79 Å². The van der Waals surface area contributed by atoms with E-state index >= 15 is 0 Å². The molecule has 0 fully saturated rings. The number of hydrogen-bond donors (Lipinski definition) is 0. The molecule has 0 aromatic rings. The second-order valence-corrected chi connectivity index (χ2v) is 26.7. The van der Waals surface area contributed by atoms with Gasteiger partial charge in [-0.15, -0.1) is 0 Å². The largest absolute Gasteiger partial charge is 0.295 e. The Balaban J connectivity index is 3.23. The first-order chi connectivity index (χ1) is 9.26. The van der Waals surface area contributed by atoms with E-state index in [0.29, 0.717) is 16.5 Å². The lowest BCUT2D eigenvalue weighted by Gasteiger charge is -2.41. The maximum absolute atomic E-state index is 13.5. The van der Waals surface area contributed by atoms with Crippen molar-refractivity contribution in [1.82, 2.24) is 0 Å². The van der Waals surface area contributed by atoms with Crippen molar-refractivity contribution in [2.75, 3.05) is 0 Å². The van der Waals surface area contributed by atoms with E-state index in [-0.39, 0.29) is 0 Å². The van der Waals surface area contributed by atoms with Gasteiger partial charge in [0.25, 0.3) is 0 Å². The van der Waals surface area contributed by atoms with Crippen molar-refractivity contribution in [3.63, 3.8) is 0 Å². The van der Waals surface area contributed by atoms with Crippen molar-refractivity contribution in [3.05, 3.63) is 11.6 Å². The zero-order valence-corrected chi connectivity index (χ0v) is 18.8. The lowest BCUT2D eigenvalue weighted by Crippen LogP contribution is -2.49. The average Bonchev–Trinajstić information content (AvgIpc) is 2.23. The van der Waals surface area contributed by atoms with Gasteiger partial charge in [0.2, 0.25) is 0 Å². The van der Waals surface area contributed by atoms with Crippen LogP contribution in [0.4, 0.5) is 0 Å². The highest BCUT2D eigenvalue weighted by Gasteiger charge is 2.46. The molecule has 1 nitrogen and oxygen atoms in total. The number of carbonyl (C=O) groups is 1. The van der Waals surface area contributed by atoms with Crippen molar-refractivity contribution in [2.24, 2.45) is 0 Å². The molecule has 0 amide bonds. The normalized spacial score (nSPS) is 21.4. The van der Waals surface area contributed by atoms with Crippen LogP contribution in [0.3, 0.4) is 0 Å². The molecular weight excluding hydrogens is 304 g/mol. The molecule has 0 aromatic carbocycles. The summed E-state index contributed by atoms with van der Waals surface area (Å²) in [6.07, 6.45) is 5.96. The second-order valence-electron chi connectivity index (χ2n) is 10.0. The third kappa shape index (κ3) is 4.76. The number of hydrogen-bond acceptors (Lipinski definition) is 1. The van der Waals surface area contributed by atoms with Crippen molar-refractivity contribution in [3.8, 4) is 0 Å². The minimum atomic E-state index is -1.47. The molecule has 0 aromatic heterocycles. The van der Waals surface area contributed by atoms with Crippen LogP contribution in [-0.2, 0) is 4.79 Å². The molecule has 21 heavy (non-hydrogen) atoms. The van der Waals surface area contributed by atoms with Crippen LogP contribution in [0.2, 0.25) is 69.6 Å². The van der Waals surface area contributed by atoms with Gasteiger partial charge in [-0.1, -0.05) is 65.0 Å². The number of ketones is 1. The Morgan fingerprint density at radius 2 is 1.48 bits per heavy atom. The predicted molar refractivity (Wildman–Crippen MR) is 104 cm³/mol. The van der Waals surface area contributed by atoms with E-state index in [0.717, 1.165) is 6.42 Å². The van der Waals surface area contributed by atoms with Gasteiger partial charge >= 0.3 is 0 Å². The summed E-state index contributed by atoms with van der Waals surface area (Å²) in [5.74, 6) is 0.556. The molecule has 0 bridgehead atoms. The molecule has 0 saturated heterocycles. The molecular formula is C17H36OSi3. The van der Waals surface area contributed by atoms with Crippen LogP contribution in [0.5, 0.6) is 0 Å². The van der Waals surface area contributed by atoms with Gasteiger partial charge in [0.05, 0.1) is 24.2 Å². The zero-order valence-electron chi connectivity index (χ0n) is 15.8. The van der Waals surface area contributed by atoms with Gasteiger partial charge in [-0.25, -0.2) is 0 Å². The molecule has 0 aliphatic heterocycles. The zero-order chi connectivity index (χ0) is 16.6. The average molecular weight is 341 g/mol. The van der Waals surface area contributed by atoms with Gasteiger partial charge in [0.15, 0.2) is 5.78 Å². The monoisotopic (exact) mass is 340 g/mol. The number of allylic oxidation sites excluding steroid dienone is 2. The summed E-state index contributed by atoms with van der Waals surface area (Å²) >= 11 is 0. The fraction of sp³-hybridized carbons (Fsp3) is 0.824. The van der Waals surface area contributed by atoms with E-state index in [1.165, 1.54) is 18.4 Å². The maximum Gasteiger partial charge on any atom is 0.156 e. The number of Topliss-reactive ketones (excluding diaryl/α,β-unsaturated/α-hetero) is 1. The van der Waals surface area contributed by atoms with Crippen LogP contribution >= 0.6 is 0 Å². The number of carbonyl (C=O) groups excluding carboxylic acids is 1. The summed E-state index contributed by atoms with van der Waals surface area (Å²) in [6, 6.07) is 0. The Morgan fingerprint density at radius 3 is 1.86 bits per heavy atom. The minimum absolute atomic E-state index is 0.369. The lowest BCUT2D eigenvalue weighted by atomic mass is 9.96. The van der Waals surface area contributed by atoms with Crippen LogP contribution < -0.4 is 0 Å². The topological polar surface area (TPSA) is 17.1 Å². The lowest BCUT2D eigenvalue weighted by molar-refractivity contribution is -0.114. The molecule has 1 aliphatic rings. The summed E-state index contributed by atoms with van der Waals surface area (Å²) in [5, 5.41) is 0.369. The van der Waals surface area contributed by atoms with Crippen molar-refractivity contribution < 1.29 is 4.79 Å². The van der Waals surface area contributed by atoms with Crippen LogP contribution in [0.1, 0.15) is 19.3 Å². The highest BCUT2D eigenvalue weighted by molar-refractivity contribution is 7.00. The minimum Gasteiger partial charge on any atom is -0.295 e.